The van der Waals surface area contributed by atoms with Crippen molar-refractivity contribution in [3.8, 4) is 5.75 Å². The lowest BCUT2D eigenvalue weighted by molar-refractivity contribution is -0.385. The Balaban J connectivity index is 2.47. The quantitative estimate of drug-likeness (QED) is 0.257. The van der Waals surface area contributed by atoms with E-state index >= 15 is 0 Å². The van der Waals surface area contributed by atoms with Gasteiger partial charge in [-0.3, -0.25) is 24.5 Å². The van der Waals surface area contributed by atoms with Crippen LogP contribution >= 0.6 is 27.7 Å². The van der Waals surface area contributed by atoms with Crippen molar-refractivity contribution in [2.45, 2.75) is 13.8 Å². The van der Waals surface area contributed by atoms with Gasteiger partial charge in [-0.2, -0.15) is 4.99 Å². The van der Waals surface area contributed by atoms with Gasteiger partial charge in [0, 0.05) is 31.5 Å². The number of nitrogens with zero attached hydrogens (tertiary/aromatic N) is 2. The number of nitrogens with one attached hydrogen (secondary N) is 1. The Hall–Kier alpha value is -2.53. The highest BCUT2D eigenvalue weighted by Gasteiger charge is 2.24. The van der Waals surface area contributed by atoms with E-state index < -0.39 is 16.8 Å². The van der Waals surface area contributed by atoms with Crippen molar-refractivity contribution in [2.24, 2.45) is 4.99 Å². The molecule has 1 aromatic carbocycles. The number of thioether (sulfide) groups is 1. The number of nitro benzene ring substituents is 1. The average Bonchev–Trinajstić information content (AvgIpc) is 2.80. The topological polar surface area (TPSA) is 128 Å². The van der Waals surface area contributed by atoms with Crippen molar-refractivity contribution in [1.82, 2.24) is 5.32 Å². The van der Waals surface area contributed by atoms with Gasteiger partial charge in [0.05, 0.1) is 14.3 Å². The Bertz CT molecular complexity index is 864. The normalized spacial score (nSPS) is 15.1. The molecule has 2 rings (SSSR count). The summed E-state index contributed by atoms with van der Waals surface area (Å²) in [4.78, 5) is 48.4. The number of carbonyl (C=O) groups is 3. The van der Waals surface area contributed by atoms with E-state index in [0.717, 1.165) is 11.8 Å². The highest BCUT2D eigenvalue weighted by atomic mass is 79.9. The standard InChI is InChI=1S/C14H10BrN3O6S/c1-6(19)16-14-17-13(21)11(25-14)4-8-3-9(18(22)23)5-10(15)12(8)24-7(2)20/h3-5H,1-2H3,(H,16,17,19,21). The lowest BCUT2D eigenvalue weighted by Gasteiger charge is -2.09. The number of amidine groups is 1. The molecule has 0 saturated heterocycles. The molecule has 1 aliphatic rings. The summed E-state index contributed by atoms with van der Waals surface area (Å²) < 4.78 is 5.25. The van der Waals surface area contributed by atoms with Gasteiger partial charge >= 0.3 is 5.97 Å². The van der Waals surface area contributed by atoms with Crippen LogP contribution in [0.2, 0.25) is 0 Å². The summed E-state index contributed by atoms with van der Waals surface area (Å²) in [5, 5.41) is 13.5. The Kier molecular flexibility index (Phi) is 5.69. The molecule has 0 spiro atoms. The molecule has 1 aliphatic heterocycles. The third-order valence-electron chi connectivity index (χ3n) is 2.70. The fourth-order valence-corrected chi connectivity index (χ4v) is 3.21. The molecule has 0 saturated carbocycles. The summed E-state index contributed by atoms with van der Waals surface area (Å²) >= 11 is 4.01. The van der Waals surface area contributed by atoms with Crippen LogP contribution < -0.4 is 10.1 Å². The van der Waals surface area contributed by atoms with Crippen LogP contribution in [-0.4, -0.2) is 27.9 Å². The molecule has 0 aliphatic carbocycles. The molecule has 130 valence electrons. The second kappa shape index (κ2) is 7.57. The number of benzene rings is 1. The molecule has 0 unspecified atom stereocenters. The molecule has 0 bridgehead atoms. The van der Waals surface area contributed by atoms with Gasteiger partial charge in [-0.25, -0.2) is 0 Å². The molecule has 11 heteroatoms. The lowest BCUT2D eigenvalue weighted by Crippen LogP contribution is -2.23. The van der Waals surface area contributed by atoms with Gasteiger partial charge in [0.15, 0.2) is 10.9 Å². The van der Waals surface area contributed by atoms with Crippen LogP contribution in [0, 0.1) is 10.1 Å². The number of carbonyl (C=O) groups excluding carboxylic acids is 3. The van der Waals surface area contributed by atoms with E-state index in [1.54, 1.807) is 0 Å². The zero-order chi connectivity index (χ0) is 18.7. The predicted molar refractivity (Wildman–Crippen MR) is 93.9 cm³/mol. The summed E-state index contributed by atoms with van der Waals surface area (Å²) in [7, 11) is 0. The minimum absolute atomic E-state index is 0.0342. The number of esters is 1. The second-order valence-electron chi connectivity index (χ2n) is 4.71. The van der Waals surface area contributed by atoms with E-state index in [1.165, 1.54) is 32.1 Å². The second-order valence-corrected chi connectivity index (χ2v) is 6.60. The van der Waals surface area contributed by atoms with Gasteiger partial charge in [-0.1, -0.05) is 0 Å². The lowest BCUT2D eigenvalue weighted by atomic mass is 10.1. The third-order valence-corrected chi connectivity index (χ3v) is 4.19. The molecular formula is C14H10BrN3O6S. The summed E-state index contributed by atoms with van der Waals surface area (Å²) in [5.41, 5.74) is -0.112. The number of aliphatic imine (C=N–C) groups is 1. The molecular weight excluding hydrogens is 418 g/mol. The Morgan fingerprint density at radius 2 is 2.08 bits per heavy atom. The van der Waals surface area contributed by atoms with Gasteiger partial charge in [0.25, 0.3) is 11.6 Å². The van der Waals surface area contributed by atoms with Gasteiger partial charge in [-0.05, 0) is 33.8 Å². The van der Waals surface area contributed by atoms with Crippen LogP contribution in [0.1, 0.15) is 19.4 Å². The first-order chi connectivity index (χ1) is 11.7. The number of ether oxygens (including phenoxy) is 1. The molecule has 1 aromatic rings. The summed E-state index contributed by atoms with van der Waals surface area (Å²) in [6.45, 7) is 2.45. The average molecular weight is 428 g/mol. The molecule has 2 amide bonds. The van der Waals surface area contributed by atoms with Gasteiger partial charge < -0.3 is 10.1 Å². The smallest absolute Gasteiger partial charge is 0.308 e. The van der Waals surface area contributed by atoms with Gasteiger partial charge in [0.2, 0.25) is 5.91 Å². The number of amides is 2. The van der Waals surface area contributed by atoms with Crippen molar-refractivity contribution in [2.75, 3.05) is 0 Å². The number of halogens is 1. The van der Waals surface area contributed by atoms with Crippen molar-refractivity contribution >= 4 is 62.4 Å². The summed E-state index contributed by atoms with van der Waals surface area (Å²) in [6, 6.07) is 2.35. The fourth-order valence-electron chi connectivity index (χ4n) is 1.82. The Morgan fingerprint density at radius 1 is 1.40 bits per heavy atom. The number of hydrogen-bond acceptors (Lipinski definition) is 7. The van der Waals surface area contributed by atoms with E-state index in [-0.39, 0.29) is 37.5 Å². The first-order valence-electron chi connectivity index (χ1n) is 6.64. The SMILES string of the molecule is CC(=O)NC1=NC(=O)C(=Cc2cc([N+](=O)[O-])cc(Br)c2OC(C)=O)S1. The molecule has 0 atom stereocenters. The van der Waals surface area contributed by atoms with Gasteiger partial charge in [0.1, 0.15) is 0 Å². The minimum Gasteiger partial charge on any atom is -0.425 e. The summed E-state index contributed by atoms with van der Waals surface area (Å²) in [5.74, 6) is -1.61. The summed E-state index contributed by atoms with van der Waals surface area (Å²) in [6.07, 6.45) is 1.31. The van der Waals surface area contributed by atoms with Crippen molar-refractivity contribution < 1.29 is 24.0 Å². The third kappa shape index (κ3) is 4.73. The maximum Gasteiger partial charge on any atom is 0.308 e. The van der Waals surface area contributed by atoms with Crippen LogP contribution in [0.5, 0.6) is 5.75 Å². The van der Waals surface area contributed by atoms with E-state index in [9.17, 15) is 24.5 Å². The molecule has 1 heterocycles. The van der Waals surface area contributed by atoms with Gasteiger partial charge in [-0.15, -0.1) is 0 Å². The van der Waals surface area contributed by atoms with E-state index in [2.05, 4.69) is 26.2 Å². The Morgan fingerprint density at radius 3 is 2.64 bits per heavy atom. The zero-order valence-corrected chi connectivity index (χ0v) is 15.3. The first kappa shape index (κ1) is 18.8. The Labute approximate surface area is 153 Å². The van der Waals surface area contributed by atoms with Crippen molar-refractivity contribution in [3.63, 3.8) is 0 Å². The van der Waals surface area contributed by atoms with E-state index in [1.807, 2.05) is 0 Å². The van der Waals surface area contributed by atoms with E-state index in [4.69, 9.17) is 4.74 Å². The predicted octanol–water partition coefficient (Wildman–Crippen LogP) is 2.39. The largest absolute Gasteiger partial charge is 0.425 e. The van der Waals surface area contributed by atoms with Crippen molar-refractivity contribution in [1.29, 1.82) is 0 Å². The molecule has 1 N–H and O–H groups in total. The molecule has 0 aromatic heterocycles. The number of non-ortho nitro benzene ring substituents is 1. The number of rotatable bonds is 3. The first-order valence-corrected chi connectivity index (χ1v) is 8.25. The van der Waals surface area contributed by atoms with Crippen LogP contribution in [0.25, 0.3) is 6.08 Å². The minimum atomic E-state index is -0.630. The molecule has 0 radical (unpaired) electrons. The van der Waals surface area contributed by atoms with Crippen LogP contribution in [0.15, 0.2) is 26.5 Å². The highest BCUT2D eigenvalue weighted by molar-refractivity contribution is 9.10. The van der Waals surface area contributed by atoms with Crippen LogP contribution in [-0.2, 0) is 14.4 Å². The van der Waals surface area contributed by atoms with Crippen LogP contribution in [0.4, 0.5) is 5.69 Å². The fraction of sp³-hybridized carbons (Fsp3) is 0.143. The number of nitro groups is 1. The number of hydrogen-bond donors (Lipinski definition) is 1. The van der Waals surface area contributed by atoms with Crippen LogP contribution in [0.3, 0.4) is 0 Å². The zero-order valence-electron chi connectivity index (χ0n) is 12.9. The maximum absolute atomic E-state index is 11.9. The molecule has 0 fully saturated rings. The highest BCUT2D eigenvalue weighted by Crippen LogP contribution is 2.37. The monoisotopic (exact) mass is 427 g/mol. The molecule has 25 heavy (non-hydrogen) atoms. The van der Waals surface area contributed by atoms with E-state index in [0.29, 0.717) is 0 Å². The molecule has 9 nitrogen and oxygen atoms in total. The van der Waals surface area contributed by atoms with Crippen molar-refractivity contribution in [3.05, 3.63) is 37.2 Å². The maximum atomic E-state index is 11.9.